The largest absolute Gasteiger partial charge is 0.350 e. The number of nitrogens with zero attached hydrogens (tertiary/aromatic N) is 6. The molecule has 4 heterocycles. The van der Waals surface area contributed by atoms with Crippen LogP contribution in [0.2, 0.25) is 0 Å². The summed E-state index contributed by atoms with van der Waals surface area (Å²) in [6.45, 7) is 0.195. The summed E-state index contributed by atoms with van der Waals surface area (Å²) < 4.78 is 18.0. The van der Waals surface area contributed by atoms with Crippen LogP contribution in [-0.4, -0.2) is 41.2 Å². The number of fused-ring (bicyclic) bond motifs is 2. The van der Waals surface area contributed by atoms with Crippen molar-refractivity contribution in [3.63, 3.8) is 0 Å². The van der Waals surface area contributed by atoms with E-state index in [0.717, 1.165) is 16.6 Å². The molecule has 4 aromatic rings. The van der Waals surface area contributed by atoms with Crippen LogP contribution in [-0.2, 0) is 0 Å². The smallest absolute Gasteiger partial charge is 0.241 e. The fourth-order valence-electron chi connectivity index (χ4n) is 3.24. The third-order valence-electron chi connectivity index (χ3n) is 4.67. The first-order valence-electron chi connectivity index (χ1n) is 8.42. The van der Waals surface area contributed by atoms with Gasteiger partial charge < -0.3 is 5.32 Å². The first-order chi connectivity index (χ1) is 12.7. The maximum Gasteiger partial charge on any atom is 0.241 e. The lowest BCUT2D eigenvalue weighted by atomic mass is 10.0. The van der Waals surface area contributed by atoms with Gasteiger partial charge in [-0.1, -0.05) is 12.2 Å². The molecule has 0 atom stereocenters. The molecule has 0 radical (unpaired) electrons. The summed E-state index contributed by atoms with van der Waals surface area (Å²) in [4.78, 5) is 12.8. The summed E-state index contributed by atoms with van der Waals surface area (Å²) in [5.41, 5.74) is 1.53. The van der Waals surface area contributed by atoms with Crippen molar-refractivity contribution in [2.75, 3.05) is 11.9 Å². The number of halogens is 1. The van der Waals surface area contributed by atoms with Gasteiger partial charge in [0.2, 0.25) is 11.7 Å². The predicted molar refractivity (Wildman–Crippen MR) is 95.7 cm³/mol. The quantitative estimate of drug-likeness (QED) is 0.574. The third-order valence-corrected chi connectivity index (χ3v) is 4.67. The zero-order valence-corrected chi connectivity index (χ0v) is 13.9. The number of rotatable bonds is 4. The molecule has 7 nitrogen and oxygen atoms in total. The Balaban J connectivity index is 1.43. The summed E-state index contributed by atoms with van der Waals surface area (Å²) in [7, 11) is 0. The molecule has 8 heteroatoms. The molecule has 1 aliphatic carbocycles. The molecule has 0 bridgehead atoms. The maximum atomic E-state index is 14.4. The molecular weight excluding hydrogens is 333 g/mol. The molecule has 1 N–H and O–H groups in total. The number of hydrogen-bond donors (Lipinski definition) is 1. The molecular formula is C18H16FN7. The second-order valence-corrected chi connectivity index (χ2v) is 6.50. The van der Waals surface area contributed by atoms with Crippen LogP contribution < -0.4 is 5.32 Å². The van der Waals surface area contributed by atoms with Gasteiger partial charge in [0.1, 0.15) is 5.67 Å². The Labute approximate surface area is 148 Å². The number of aromatic nitrogens is 6. The van der Waals surface area contributed by atoms with E-state index in [0.29, 0.717) is 24.6 Å². The topological polar surface area (TPSA) is 72.4 Å². The first kappa shape index (κ1) is 15.0. The molecule has 0 saturated carbocycles. The van der Waals surface area contributed by atoms with Crippen LogP contribution in [0, 0.1) is 0 Å². The summed E-state index contributed by atoms with van der Waals surface area (Å²) in [6, 6.07) is 1.96. The van der Waals surface area contributed by atoms with Crippen LogP contribution >= 0.6 is 0 Å². The van der Waals surface area contributed by atoms with Crippen LogP contribution in [0.25, 0.3) is 22.4 Å². The van der Waals surface area contributed by atoms with Gasteiger partial charge in [-0.25, -0.2) is 23.9 Å². The van der Waals surface area contributed by atoms with Crippen molar-refractivity contribution >= 4 is 17.2 Å². The van der Waals surface area contributed by atoms with Crippen LogP contribution in [0.15, 0.2) is 55.4 Å². The van der Waals surface area contributed by atoms with Crippen molar-refractivity contribution in [1.82, 2.24) is 29.0 Å². The van der Waals surface area contributed by atoms with Crippen molar-refractivity contribution in [3.8, 4) is 11.1 Å². The Morgan fingerprint density at radius 2 is 2.00 bits per heavy atom. The van der Waals surface area contributed by atoms with E-state index >= 15 is 0 Å². The highest BCUT2D eigenvalue weighted by Gasteiger charge is 2.30. The number of nitrogens with one attached hydrogen (secondary N) is 1. The minimum atomic E-state index is -1.24. The SMILES string of the molecule is FC1(CNc2ncc3c(-c4cnc5nccn5c4)ccn3n2)CC=CC1. The average Bonchev–Trinajstić information content (AvgIpc) is 3.38. The van der Waals surface area contributed by atoms with E-state index in [2.05, 4.69) is 25.4 Å². The van der Waals surface area contributed by atoms with Gasteiger partial charge in [0.05, 0.1) is 18.3 Å². The highest BCUT2D eigenvalue weighted by Crippen LogP contribution is 2.28. The molecule has 1 aliphatic rings. The maximum absolute atomic E-state index is 14.4. The van der Waals surface area contributed by atoms with E-state index in [9.17, 15) is 4.39 Å². The molecule has 0 fully saturated rings. The van der Waals surface area contributed by atoms with Gasteiger partial charge in [0.25, 0.3) is 0 Å². The minimum Gasteiger partial charge on any atom is -0.350 e. The summed E-state index contributed by atoms with van der Waals surface area (Å²) in [5.74, 6) is 1.06. The standard InChI is InChI=1S/C18H16FN7/c19-18(4-1-2-5-18)12-23-16-21-10-15-14(3-7-26(15)24-16)13-9-22-17-20-6-8-25(17)11-13/h1-3,6-11H,4-5,12H2,(H,23,24). The predicted octanol–water partition coefficient (Wildman–Crippen LogP) is 2.91. The van der Waals surface area contributed by atoms with Crippen molar-refractivity contribution in [3.05, 3.63) is 55.4 Å². The van der Waals surface area contributed by atoms with Gasteiger partial charge in [-0.3, -0.25) is 4.40 Å². The Morgan fingerprint density at radius 3 is 2.88 bits per heavy atom. The number of anilines is 1. The van der Waals surface area contributed by atoms with Crippen LogP contribution in [0.5, 0.6) is 0 Å². The first-order valence-corrected chi connectivity index (χ1v) is 8.42. The van der Waals surface area contributed by atoms with E-state index in [4.69, 9.17) is 0 Å². The summed E-state index contributed by atoms with van der Waals surface area (Å²) in [5, 5.41) is 7.44. The number of imidazole rings is 1. The highest BCUT2D eigenvalue weighted by atomic mass is 19.1. The molecule has 0 saturated heterocycles. The van der Waals surface area contributed by atoms with Crippen molar-refractivity contribution in [2.24, 2.45) is 0 Å². The molecule has 5 rings (SSSR count). The molecule has 26 heavy (non-hydrogen) atoms. The van der Waals surface area contributed by atoms with E-state index in [1.165, 1.54) is 0 Å². The fourth-order valence-corrected chi connectivity index (χ4v) is 3.24. The fraction of sp³-hybridized carbons (Fsp3) is 0.222. The van der Waals surface area contributed by atoms with Crippen LogP contribution in [0.3, 0.4) is 0 Å². The Bertz CT molecular complexity index is 1120. The molecule has 0 aromatic carbocycles. The van der Waals surface area contributed by atoms with Crippen molar-refractivity contribution in [2.45, 2.75) is 18.5 Å². The normalized spacial score (nSPS) is 15.9. The van der Waals surface area contributed by atoms with Crippen LogP contribution in [0.4, 0.5) is 10.3 Å². The average molecular weight is 349 g/mol. The molecule has 0 spiro atoms. The monoisotopic (exact) mass is 349 g/mol. The minimum absolute atomic E-state index is 0.195. The van der Waals surface area contributed by atoms with Crippen molar-refractivity contribution in [1.29, 1.82) is 0 Å². The lowest BCUT2D eigenvalue weighted by Gasteiger charge is -2.19. The summed E-state index contributed by atoms with van der Waals surface area (Å²) in [6.07, 6.45) is 15.5. The van der Waals surface area contributed by atoms with Gasteiger partial charge >= 0.3 is 0 Å². The molecule has 0 amide bonds. The number of hydrogen-bond acceptors (Lipinski definition) is 5. The highest BCUT2D eigenvalue weighted by molar-refractivity contribution is 5.79. The van der Waals surface area contributed by atoms with E-state index in [1.54, 1.807) is 23.1 Å². The van der Waals surface area contributed by atoms with Gasteiger partial charge in [-0.2, -0.15) is 0 Å². The Kier molecular flexibility index (Phi) is 3.24. The molecule has 4 aromatic heterocycles. The number of alkyl halides is 1. The molecule has 0 aliphatic heterocycles. The Morgan fingerprint density at radius 1 is 1.12 bits per heavy atom. The lowest BCUT2D eigenvalue weighted by Crippen LogP contribution is -2.29. The molecule has 0 unspecified atom stereocenters. The van der Waals surface area contributed by atoms with Crippen molar-refractivity contribution < 1.29 is 4.39 Å². The Hall–Kier alpha value is -3.29. The zero-order chi connectivity index (χ0) is 17.6. The van der Waals surface area contributed by atoms with Gasteiger partial charge in [-0.15, -0.1) is 5.10 Å². The van der Waals surface area contributed by atoms with E-state index in [1.807, 2.05) is 41.2 Å². The van der Waals surface area contributed by atoms with E-state index in [-0.39, 0.29) is 6.54 Å². The third kappa shape index (κ3) is 2.50. The van der Waals surface area contributed by atoms with Crippen LogP contribution in [0.1, 0.15) is 12.8 Å². The second-order valence-electron chi connectivity index (χ2n) is 6.50. The second kappa shape index (κ2) is 5.62. The zero-order valence-electron chi connectivity index (χ0n) is 13.9. The van der Waals surface area contributed by atoms with Gasteiger partial charge in [-0.05, 0) is 6.07 Å². The van der Waals surface area contributed by atoms with Gasteiger partial charge in [0.15, 0.2) is 0 Å². The van der Waals surface area contributed by atoms with E-state index < -0.39 is 5.67 Å². The molecule has 130 valence electrons. The number of allylic oxidation sites excluding steroid dienone is 2. The van der Waals surface area contributed by atoms with Gasteiger partial charge in [0, 0.05) is 55.0 Å². The lowest BCUT2D eigenvalue weighted by molar-refractivity contribution is 0.198. The summed E-state index contributed by atoms with van der Waals surface area (Å²) >= 11 is 0.